The van der Waals surface area contributed by atoms with Crippen molar-refractivity contribution < 1.29 is 18.3 Å². The van der Waals surface area contributed by atoms with Gasteiger partial charge in [-0.1, -0.05) is 6.07 Å². The van der Waals surface area contributed by atoms with Gasteiger partial charge < -0.3 is 19.7 Å². The molecule has 2 aromatic heterocycles. The van der Waals surface area contributed by atoms with E-state index < -0.39 is 11.6 Å². The molecular formula is C23H27F2N7O2. The molecule has 0 radical (unpaired) electrons. The fraction of sp³-hybridized carbons (Fsp3) is 0.478. The number of nitrogens with one attached hydrogen (secondary N) is 1. The molecule has 3 heterocycles. The van der Waals surface area contributed by atoms with E-state index in [0.717, 1.165) is 37.7 Å². The van der Waals surface area contributed by atoms with E-state index in [1.165, 1.54) is 12.1 Å². The van der Waals surface area contributed by atoms with Crippen molar-refractivity contribution in [2.45, 2.75) is 38.8 Å². The Kier molecular flexibility index (Phi) is 5.93. The Balaban J connectivity index is 1.33. The minimum atomic E-state index is -1.05. The van der Waals surface area contributed by atoms with E-state index in [2.05, 4.69) is 30.5 Å². The van der Waals surface area contributed by atoms with E-state index in [0.29, 0.717) is 23.7 Å². The number of anilines is 2. The quantitative estimate of drug-likeness (QED) is 0.552. The van der Waals surface area contributed by atoms with Gasteiger partial charge in [-0.15, -0.1) is 10.2 Å². The lowest BCUT2D eigenvalue weighted by molar-refractivity contribution is 0.352. The highest BCUT2D eigenvalue weighted by molar-refractivity contribution is 5.48. The van der Waals surface area contributed by atoms with Crippen LogP contribution in [0.4, 0.5) is 20.4 Å². The molecule has 0 spiro atoms. The van der Waals surface area contributed by atoms with Crippen LogP contribution in [0.15, 0.2) is 30.5 Å². The predicted molar refractivity (Wildman–Crippen MR) is 121 cm³/mol. The first-order valence-electron chi connectivity index (χ1n) is 11.4. The second kappa shape index (κ2) is 9.03. The number of aromatic nitrogens is 5. The first-order valence-corrected chi connectivity index (χ1v) is 11.4. The molecule has 1 aromatic carbocycles. The van der Waals surface area contributed by atoms with Crippen molar-refractivity contribution in [3.63, 3.8) is 0 Å². The van der Waals surface area contributed by atoms with Gasteiger partial charge in [0.2, 0.25) is 17.6 Å². The van der Waals surface area contributed by atoms with Gasteiger partial charge in [0.25, 0.3) is 0 Å². The molecule has 1 aliphatic carbocycles. The maximum atomic E-state index is 14.1. The molecule has 11 heteroatoms. The summed E-state index contributed by atoms with van der Waals surface area (Å²) >= 11 is 0. The Morgan fingerprint density at radius 3 is 2.62 bits per heavy atom. The molecular weight excluding hydrogens is 444 g/mol. The van der Waals surface area contributed by atoms with Crippen LogP contribution < -0.4 is 19.7 Å². The van der Waals surface area contributed by atoms with E-state index in [-0.39, 0.29) is 23.8 Å². The number of fused-ring (bicyclic) bond motifs is 2. The molecule has 2 aliphatic rings. The van der Waals surface area contributed by atoms with Crippen LogP contribution >= 0.6 is 0 Å². The topological polar surface area (TPSA) is 90.2 Å². The summed E-state index contributed by atoms with van der Waals surface area (Å²) < 4.78 is 40.2. The predicted octanol–water partition coefficient (Wildman–Crippen LogP) is 4.06. The first kappa shape index (κ1) is 22.3. The Morgan fingerprint density at radius 1 is 1.15 bits per heavy atom. The largest absolute Gasteiger partial charge is 0.480 e. The van der Waals surface area contributed by atoms with E-state index in [9.17, 15) is 8.78 Å². The van der Waals surface area contributed by atoms with Crippen LogP contribution in [0, 0.1) is 23.5 Å². The number of hydrogen-bond acceptors (Lipinski definition) is 8. The summed E-state index contributed by atoms with van der Waals surface area (Å²) in [6.07, 6.45) is 3.95. The van der Waals surface area contributed by atoms with Gasteiger partial charge in [-0.3, -0.25) is 0 Å². The smallest absolute Gasteiger partial charge is 0.322 e. The molecule has 9 nitrogen and oxygen atoms in total. The molecule has 1 saturated carbocycles. The van der Waals surface area contributed by atoms with Crippen LogP contribution in [0.5, 0.6) is 17.6 Å². The standard InChI is InChI=1S/C23H27F2N7O2/c1-13(2)32-23(34-18-6-4-5-17(24)20(18)25)28-22(30-32)27-21-14-7-8-15(21)12-31(11-14)16-9-19(33-3)29-26-10-16/h4-6,9-10,13-15,21H,7-8,11-12H2,1-3H3,(H,27,30). The van der Waals surface area contributed by atoms with Gasteiger partial charge in [0, 0.05) is 25.2 Å². The third-order valence-electron chi connectivity index (χ3n) is 6.53. The fourth-order valence-electron chi connectivity index (χ4n) is 4.87. The maximum absolute atomic E-state index is 14.1. The van der Waals surface area contributed by atoms with Crippen LogP contribution in [-0.4, -0.2) is 51.2 Å². The highest BCUT2D eigenvalue weighted by Gasteiger charge is 2.43. The highest BCUT2D eigenvalue weighted by Crippen LogP contribution is 2.40. The normalized spacial score (nSPS) is 21.7. The van der Waals surface area contributed by atoms with E-state index >= 15 is 0 Å². The van der Waals surface area contributed by atoms with Crippen molar-refractivity contribution in [2.75, 3.05) is 30.4 Å². The Bertz CT molecular complexity index is 1160. The average Bonchev–Trinajstić information content (AvgIpc) is 3.32. The molecule has 180 valence electrons. The lowest BCUT2D eigenvalue weighted by Gasteiger charge is -2.39. The third kappa shape index (κ3) is 4.22. The number of ether oxygens (including phenoxy) is 2. The lowest BCUT2D eigenvalue weighted by atomic mass is 9.92. The summed E-state index contributed by atoms with van der Waals surface area (Å²) in [7, 11) is 1.58. The summed E-state index contributed by atoms with van der Waals surface area (Å²) in [6, 6.07) is 5.94. The zero-order valence-corrected chi connectivity index (χ0v) is 19.3. The molecule has 0 amide bonds. The molecule has 2 bridgehead atoms. The van der Waals surface area contributed by atoms with E-state index in [1.54, 1.807) is 18.0 Å². The molecule has 1 saturated heterocycles. The molecule has 2 atom stereocenters. The van der Waals surface area contributed by atoms with Crippen LogP contribution in [0.2, 0.25) is 0 Å². The van der Waals surface area contributed by atoms with Crippen LogP contribution in [-0.2, 0) is 0 Å². The molecule has 1 aliphatic heterocycles. The van der Waals surface area contributed by atoms with Crippen molar-refractivity contribution in [2.24, 2.45) is 11.8 Å². The van der Waals surface area contributed by atoms with E-state index in [4.69, 9.17) is 9.47 Å². The average molecular weight is 472 g/mol. The van der Waals surface area contributed by atoms with Crippen LogP contribution in [0.1, 0.15) is 32.7 Å². The van der Waals surface area contributed by atoms with Gasteiger partial charge in [0.15, 0.2) is 11.6 Å². The molecule has 1 N–H and O–H groups in total. The number of nitrogens with zero attached hydrogens (tertiary/aromatic N) is 6. The van der Waals surface area contributed by atoms with Gasteiger partial charge in [0.05, 0.1) is 25.0 Å². The second-order valence-corrected chi connectivity index (χ2v) is 9.04. The number of halogens is 2. The number of rotatable bonds is 7. The van der Waals surface area contributed by atoms with Gasteiger partial charge >= 0.3 is 6.01 Å². The Morgan fingerprint density at radius 2 is 1.91 bits per heavy atom. The molecule has 2 fully saturated rings. The summed E-state index contributed by atoms with van der Waals surface area (Å²) in [5, 5.41) is 16.0. The molecule has 34 heavy (non-hydrogen) atoms. The Labute approximate surface area is 196 Å². The maximum Gasteiger partial charge on any atom is 0.322 e. The molecule has 2 unspecified atom stereocenters. The fourth-order valence-corrected chi connectivity index (χ4v) is 4.87. The van der Waals surface area contributed by atoms with Crippen molar-refractivity contribution >= 4 is 11.6 Å². The summed E-state index contributed by atoms with van der Waals surface area (Å²) in [6.45, 7) is 5.58. The van der Waals surface area contributed by atoms with Crippen molar-refractivity contribution in [3.8, 4) is 17.6 Å². The minimum absolute atomic E-state index is 0.0811. The molecule has 3 aromatic rings. The lowest BCUT2D eigenvalue weighted by Crippen LogP contribution is -2.48. The summed E-state index contributed by atoms with van der Waals surface area (Å²) in [5.74, 6) is -0.544. The van der Waals surface area contributed by atoms with Crippen molar-refractivity contribution in [3.05, 3.63) is 42.1 Å². The van der Waals surface area contributed by atoms with Crippen molar-refractivity contribution in [1.29, 1.82) is 0 Å². The van der Waals surface area contributed by atoms with Gasteiger partial charge in [0.1, 0.15) is 0 Å². The summed E-state index contributed by atoms with van der Waals surface area (Å²) in [5.41, 5.74) is 0.997. The first-order chi connectivity index (χ1) is 16.4. The summed E-state index contributed by atoms with van der Waals surface area (Å²) in [4.78, 5) is 6.79. The zero-order valence-electron chi connectivity index (χ0n) is 19.3. The number of benzene rings is 1. The molecule has 5 rings (SSSR count). The SMILES string of the molecule is COc1cc(N2CC3CCC(C2)C3Nc2nc(Oc3cccc(F)c3F)n(C(C)C)n2)cnn1. The van der Waals surface area contributed by atoms with Crippen molar-refractivity contribution in [1.82, 2.24) is 25.0 Å². The van der Waals surface area contributed by atoms with Gasteiger partial charge in [-0.05, 0) is 50.7 Å². The number of methoxy groups -OCH3 is 1. The third-order valence-corrected chi connectivity index (χ3v) is 6.53. The van der Waals surface area contributed by atoms with Gasteiger partial charge in [-0.2, -0.15) is 14.5 Å². The zero-order chi connectivity index (χ0) is 23.8. The number of piperidine rings is 1. The monoisotopic (exact) mass is 471 g/mol. The van der Waals surface area contributed by atoms with Crippen LogP contribution in [0.3, 0.4) is 0 Å². The Hall–Kier alpha value is -3.50. The van der Waals surface area contributed by atoms with E-state index in [1.807, 2.05) is 19.9 Å². The highest BCUT2D eigenvalue weighted by atomic mass is 19.2. The second-order valence-electron chi connectivity index (χ2n) is 9.04. The number of hydrogen-bond donors (Lipinski definition) is 1. The minimum Gasteiger partial charge on any atom is -0.480 e. The van der Waals surface area contributed by atoms with Crippen LogP contribution in [0.25, 0.3) is 0 Å². The van der Waals surface area contributed by atoms with Gasteiger partial charge in [-0.25, -0.2) is 9.07 Å².